The normalized spacial score (nSPS) is 17.0. The molecule has 62 valence electrons. The van der Waals surface area contributed by atoms with Gasteiger partial charge in [0.2, 0.25) is 0 Å². The molecule has 0 radical (unpaired) electrons. The Balaban J connectivity index is 2.62. The molecule has 1 fully saturated rings. The summed E-state index contributed by atoms with van der Waals surface area (Å²) in [5.41, 5.74) is 1.40. The van der Waals surface area contributed by atoms with Gasteiger partial charge in [0, 0.05) is 4.91 Å². The molecule has 1 aliphatic rings. The van der Waals surface area contributed by atoms with Crippen molar-refractivity contribution in [1.29, 1.82) is 0 Å². The van der Waals surface area contributed by atoms with Crippen molar-refractivity contribution in [1.82, 2.24) is 0 Å². The van der Waals surface area contributed by atoms with Gasteiger partial charge in [-0.05, 0) is 31.4 Å². The fraction of sp³-hybridized carbons (Fsp3) is 0.667. The van der Waals surface area contributed by atoms with Gasteiger partial charge in [0.15, 0.2) is 6.29 Å². The minimum Gasteiger partial charge on any atom is -0.297 e. The molecule has 1 saturated carbocycles. The molecule has 0 aliphatic heterocycles. The maximum Gasteiger partial charge on any atom is 0.156 e. The first kappa shape index (κ1) is 8.85. The molecule has 0 N–H and O–H groups in total. The summed E-state index contributed by atoms with van der Waals surface area (Å²) in [6, 6.07) is 0. The molecule has 0 heterocycles. The molecule has 0 aromatic carbocycles. The van der Waals surface area contributed by atoms with Gasteiger partial charge in [-0.1, -0.05) is 12.5 Å². The summed E-state index contributed by atoms with van der Waals surface area (Å²) < 4.78 is 0. The zero-order valence-electron chi connectivity index (χ0n) is 6.93. The summed E-state index contributed by atoms with van der Waals surface area (Å²) in [6.07, 6.45) is 5.88. The zero-order chi connectivity index (χ0) is 8.10. The Morgan fingerprint density at radius 1 is 1.55 bits per heavy atom. The van der Waals surface area contributed by atoms with E-state index < -0.39 is 0 Å². The minimum atomic E-state index is 1.00. The Labute approximate surface area is 72.2 Å². The van der Waals surface area contributed by atoms with E-state index in [0.717, 1.165) is 29.8 Å². The van der Waals surface area contributed by atoms with Crippen LogP contribution in [0.4, 0.5) is 0 Å². The lowest BCUT2D eigenvalue weighted by atomic mass is 10.2. The standard InChI is InChI=1S/C9H14OS/c1-2-11-9(7-10)8-5-3-4-6-8/h7H,2-6H2,1H3. The molecular weight excluding hydrogens is 156 g/mol. The molecule has 1 nitrogen and oxygen atoms in total. The molecule has 0 bridgehead atoms. The van der Waals surface area contributed by atoms with E-state index in [2.05, 4.69) is 6.92 Å². The maximum atomic E-state index is 10.6. The van der Waals surface area contributed by atoms with Crippen LogP contribution in [0.1, 0.15) is 32.6 Å². The van der Waals surface area contributed by atoms with Crippen molar-refractivity contribution in [3.8, 4) is 0 Å². The summed E-state index contributed by atoms with van der Waals surface area (Å²) in [5, 5.41) is 0. The second-order valence-corrected chi connectivity index (χ2v) is 4.03. The summed E-state index contributed by atoms with van der Waals surface area (Å²) in [7, 11) is 0. The monoisotopic (exact) mass is 170 g/mol. The first-order valence-corrected chi connectivity index (χ1v) is 5.17. The first-order chi connectivity index (χ1) is 5.38. The zero-order valence-corrected chi connectivity index (χ0v) is 7.75. The van der Waals surface area contributed by atoms with E-state index in [1.807, 2.05) is 0 Å². The Bertz CT molecular complexity index is 164. The van der Waals surface area contributed by atoms with E-state index in [0.29, 0.717) is 0 Å². The van der Waals surface area contributed by atoms with E-state index in [-0.39, 0.29) is 0 Å². The van der Waals surface area contributed by atoms with E-state index >= 15 is 0 Å². The number of carbonyl (C=O) groups excluding carboxylic acids is 1. The number of rotatable bonds is 3. The van der Waals surface area contributed by atoms with Gasteiger partial charge in [-0.2, -0.15) is 0 Å². The second-order valence-electron chi connectivity index (χ2n) is 2.73. The van der Waals surface area contributed by atoms with Crippen molar-refractivity contribution in [3.05, 3.63) is 10.5 Å². The van der Waals surface area contributed by atoms with Gasteiger partial charge in [0.25, 0.3) is 0 Å². The molecule has 1 rings (SSSR count). The highest BCUT2D eigenvalue weighted by molar-refractivity contribution is 8.03. The lowest BCUT2D eigenvalue weighted by Crippen LogP contribution is -1.85. The van der Waals surface area contributed by atoms with Gasteiger partial charge in [-0.25, -0.2) is 0 Å². The first-order valence-electron chi connectivity index (χ1n) is 4.18. The average molecular weight is 170 g/mol. The van der Waals surface area contributed by atoms with Crippen LogP contribution in [0, 0.1) is 0 Å². The molecular formula is C9H14OS. The molecule has 0 aromatic heterocycles. The number of thioether (sulfide) groups is 1. The average Bonchev–Trinajstić information content (AvgIpc) is 2.52. The largest absolute Gasteiger partial charge is 0.297 e. The summed E-state index contributed by atoms with van der Waals surface area (Å²) in [5.74, 6) is 1.01. The van der Waals surface area contributed by atoms with Crippen LogP contribution < -0.4 is 0 Å². The van der Waals surface area contributed by atoms with Crippen LogP contribution in [0.15, 0.2) is 10.5 Å². The van der Waals surface area contributed by atoms with E-state index in [4.69, 9.17) is 0 Å². The van der Waals surface area contributed by atoms with Crippen molar-refractivity contribution in [3.63, 3.8) is 0 Å². The van der Waals surface area contributed by atoms with Crippen LogP contribution in [0.5, 0.6) is 0 Å². The summed E-state index contributed by atoms with van der Waals surface area (Å²) in [4.78, 5) is 11.6. The molecule has 0 saturated heterocycles. The van der Waals surface area contributed by atoms with Crippen molar-refractivity contribution in [2.24, 2.45) is 0 Å². The van der Waals surface area contributed by atoms with Gasteiger partial charge in [0.05, 0.1) is 0 Å². The summed E-state index contributed by atoms with van der Waals surface area (Å²) >= 11 is 1.69. The SMILES string of the molecule is CCSC(C=O)=C1CCCC1. The van der Waals surface area contributed by atoms with E-state index in [1.165, 1.54) is 18.4 Å². The fourth-order valence-electron chi connectivity index (χ4n) is 1.42. The molecule has 1 aliphatic carbocycles. The molecule has 0 atom stereocenters. The molecule has 0 amide bonds. The third-order valence-electron chi connectivity index (χ3n) is 1.96. The maximum absolute atomic E-state index is 10.6. The fourth-order valence-corrected chi connectivity index (χ4v) is 2.21. The third-order valence-corrected chi connectivity index (χ3v) is 2.95. The predicted molar refractivity (Wildman–Crippen MR) is 49.7 cm³/mol. The van der Waals surface area contributed by atoms with Crippen molar-refractivity contribution >= 4 is 18.0 Å². The Hall–Kier alpha value is -0.240. The number of allylic oxidation sites excluding steroid dienone is 2. The Morgan fingerprint density at radius 2 is 2.18 bits per heavy atom. The highest BCUT2D eigenvalue weighted by Crippen LogP contribution is 2.30. The van der Waals surface area contributed by atoms with Crippen molar-refractivity contribution < 1.29 is 4.79 Å². The van der Waals surface area contributed by atoms with Crippen LogP contribution in [0.2, 0.25) is 0 Å². The van der Waals surface area contributed by atoms with Crippen LogP contribution in [-0.4, -0.2) is 12.0 Å². The van der Waals surface area contributed by atoms with Crippen LogP contribution in [-0.2, 0) is 4.79 Å². The Morgan fingerprint density at radius 3 is 2.64 bits per heavy atom. The van der Waals surface area contributed by atoms with Crippen LogP contribution >= 0.6 is 11.8 Å². The highest BCUT2D eigenvalue weighted by Gasteiger charge is 2.11. The van der Waals surface area contributed by atoms with Gasteiger partial charge in [0.1, 0.15) is 0 Å². The van der Waals surface area contributed by atoms with Crippen molar-refractivity contribution in [2.45, 2.75) is 32.6 Å². The minimum absolute atomic E-state index is 1.00. The molecule has 2 heteroatoms. The van der Waals surface area contributed by atoms with Crippen LogP contribution in [0.25, 0.3) is 0 Å². The molecule has 0 unspecified atom stereocenters. The van der Waals surface area contributed by atoms with Crippen LogP contribution in [0.3, 0.4) is 0 Å². The van der Waals surface area contributed by atoms with E-state index in [9.17, 15) is 4.79 Å². The second kappa shape index (κ2) is 4.60. The third kappa shape index (κ3) is 2.37. The van der Waals surface area contributed by atoms with Crippen molar-refractivity contribution in [2.75, 3.05) is 5.75 Å². The number of hydrogen-bond acceptors (Lipinski definition) is 2. The molecule has 11 heavy (non-hydrogen) atoms. The molecule has 0 spiro atoms. The topological polar surface area (TPSA) is 17.1 Å². The number of carbonyl (C=O) groups is 1. The van der Waals surface area contributed by atoms with Gasteiger partial charge in [-0.3, -0.25) is 4.79 Å². The van der Waals surface area contributed by atoms with Gasteiger partial charge >= 0.3 is 0 Å². The lowest BCUT2D eigenvalue weighted by Gasteiger charge is -2.00. The lowest BCUT2D eigenvalue weighted by molar-refractivity contribution is -0.104. The Kier molecular flexibility index (Phi) is 3.70. The number of hydrogen-bond donors (Lipinski definition) is 0. The smallest absolute Gasteiger partial charge is 0.156 e. The summed E-state index contributed by atoms with van der Waals surface area (Å²) in [6.45, 7) is 2.09. The van der Waals surface area contributed by atoms with Gasteiger partial charge < -0.3 is 0 Å². The predicted octanol–water partition coefficient (Wildman–Crippen LogP) is 2.77. The van der Waals surface area contributed by atoms with Gasteiger partial charge in [-0.15, -0.1) is 11.8 Å². The molecule has 0 aromatic rings. The highest BCUT2D eigenvalue weighted by atomic mass is 32.2. The number of aldehydes is 1. The van der Waals surface area contributed by atoms with E-state index in [1.54, 1.807) is 11.8 Å². The quantitative estimate of drug-likeness (QED) is 0.478.